The Balaban J connectivity index is 1.90. The molecule has 1 saturated heterocycles. The van der Waals surface area contributed by atoms with Crippen LogP contribution in [0.1, 0.15) is 30.1 Å². The number of carbonyl (C=O) groups excluding carboxylic acids is 1. The lowest BCUT2D eigenvalue weighted by Crippen LogP contribution is -2.26. The number of hydrogen-bond acceptors (Lipinski definition) is 4. The molecule has 6 nitrogen and oxygen atoms in total. The number of nitrogens with one attached hydrogen (secondary N) is 1. The van der Waals surface area contributed by atoms with Gasteiger partial charge in [-0.2, -0.15) is 0 Å². The topological polar surface area (TPSA) is 75.7 Å². The van der Waals surface area contributed by atoms with Gasteiger partial charge < -0.3 is 10.1 Å². The highest BCUT2D eigenvalue weighted by molar-refractivity contribution is 7.93. The molecule has 0 spiro atoms. The molecule has 2 rings (SSSR count). The maximum absolute atomic E-state index is 12.0. The van der Waals surface area contributed by atoms with Gasteiger partial charge >= 0.3 is 0 Å². The zero-order valence-electron chi connectivity index (χ0n) is 12.7. The monoisotopic (exact) mass is 326 g/mol. The Labute approximate surface area is 131 Å². The number of benzene rings is 1. The van der Waals surface area contributed by atoms with Crippen LogP contribution in [-0.2, 0) is 14.8 Å². The van der Waals surface area contributed by atoms with Crippen LogP contribution in [0.2, 0.25) is 0 Å². The highest BCUT2D eigenvalue weighted by Gasteiger charge is 2.28. The summed E-state index contributed by atoms with van der Waals surface area (Å²) in [7, 11) is -3.18. The Kier molecular flexibility index (Phi) is 5.79. The van der Waals surface area contributed by atoms with Gasteiger partial charge in [0.25, 0.3) is 5.91 Å². The summed E-state index contributed by atoms with van der Waals surface area (Å²) in [6.07, 6.45) is 1.41. The van der Waals surface area contributed by atoms with Crippen molar-refractivity contribution < 1.29 is 17.9 Å². The number of sulfonamides is 1. The third-order valence-corrected chi connectivity index (χ3v) is 5.34. The molecule has 0 unspecified atom stereocenters. The Hall–Kier alpha value is -1.60. The molecule has 0 saturated carbocycles. The standard InChI is InChI=1S/C15H22N2O4S/c1-2-21-11-3-9-16-15(18)13-5-7-14(8-6-13)17-10-4-12-22(17,19)20/h5-8H,2-4,9-12H2,1H3,(H,16,18). The molecule has 0 aromatic heterocycles. The van der Waals surface area contributed by atoms with Crippen LogP contribution in [0.25, 0.3) is 0 Å². The van der Waals surface area contributed by atoms with Crippen molar-refractivity contribution in [2.75, 3.05) is 36.4 Å². The van der Waals surface area contributed by atoms with Crippen molar-refractivity contribution in [3.05, 3.63) is 29.8 Å². The highest BCUT2D eigenvalue weighted by atomic mass is 32.2. The minimum Gasteiger partial charge on any atom is -0.382 e. The summed E-state index contributed by atoms with van der Waals surface area (Å²) in [6.45, 7) is 4.30. The Bertz CT molecular complexity index is 598. The molecule has 1 fully saturated rings. The van der Waals surface area contributed by atoms with E-state index in [1.54, 1.807) is 24.3 Å². The first-order chi connectivity index (χ1) is 10.5. The summed E-state index contributed by atoms with van der Waals surface area (Å²) >= 11 is 0. The summed E-state index contributed by atoms with van der Waals surface area (Å²) in [5, 5.41) is 2.81. The lowest BCUT2D eigenvalue weighted by atomic mass is 10.2. The fourth-order valence-electron chi connectivity index (χ4n) is 2.33. The van der Waals surface area contributed by atoms with E-state index in [1.165, 1.54) is 4.31 Å². The molecule has 0 bridgehead atoms. The normalized spacial score (nSPS) is 16.7. The Morgan fingerprint density at radius 1 is 1.32 bits per heavy atom. The van der Waals surface area contributed by atoms with Crippen LogP contribution >= 0.6 is 0 Å². The molecule has 22 heavy (non-hydrogen) atoms. The van der Waals surface area contributed by atoms with Gasteiger partial charge in [0.15, 0.2) is 0 Å². The van der Waals surface area contributed by atoms with Crippen LogP contribution in [0.3, 0.4) is 0 Å². The van der Waals surface area contributed by atoms with Crippen LogP contribution in [0, 0.1) is 0 Å². The van der Waals surface area contributed by atoms with Crippen molar-refractivity contribution in [1.82, 2.24) is 5.32 Å². The molecule has 1 aromatic rings. The average molecular weight is 326 g/mol. The third-order valence-electron chi connectivity index (χ3n) is 3.47. The molecular formula is C15H22N2O4S. The molecule has 1 aliphatic rings. The first-order valence-electron chi connectivity index (χ1n) is 7.51. The minimum atomic E-state index is -3.18. The van der Waals surface area contributed by atoms with E-state index in [0.29, 0.717) is 44.0 Å². The van der Waals surface area contributed by atoms with E-state index in [4.69, 9.17) is 4.74 Å². The fraction of sp³-hybridized carbons (Fsp3) is 0.533. The van der Waals surface area contributed by atoms with Crippen molar-refractivity contribution in [3.8, 4) is 0 Å². The van der Waals surface area contributed by atoms with Crippen molar-refractivity contribution >= 4 is 21.6 Å². The zero-order valence-corrected chi connectivity index (χ0v) is 13.6. The second kappa shape index (κ2) is 7.60. The number of hydrogen-bond donors (Lipinski definition) is 1. The summed E-state index contributed by atoms with van der Waals surface area (Å²) in [6, 6.07) is 6.66. The SMILES string of the molecule is CCOCCCNC(=O)c1ccc(N2CCCS2(=O)=O)cc1. The molecule has 7 heteroatoms. The van der Waals surface area contributed by atoms with E-state index >= 15 is 0 Å². The Morgan fingerprint density at radius 2 is 2.05 bits per heavy atom. The summed E-state index contributed by atoms with van der Waals surface area (Å²) in [4.78, 5) is 12.0. The number of nitrogens with zero attached hydrogens (tertiary/aromatic N) is 1. The van der Waals surface area contributed by atoms with Crippen molar-refractivity contribution in [2.24, 2.45) is 0 Å². The Morgan fingerprint density at radius 3 is 2.64 bits per heavy atom. The minimum absolute atomic E-state index is 0.160. The van der Waals surface area contributed by atoms with Crippen molar-refractivity contribution in [2.45, 2.75) is 19.8 Å². The fourth-order valence-corrected chi connectivity index (χ4v) is 3.90. The van der Waals surface area contributed by atoms with Crippen LogP contribution in [-0.4, -0.2) is 46.4 Å². The van der Waals surface area contributed by atoms with Gasteiger partial charge in [-0.1, -0.05) is 0 Å². The largest absolute Gasteiger partial charge is 0.382 e. The molecule has 1 aliphatic heterocycles. The van der Waals surface area contributed by atoms with Gasteiger partial charge in [0, 0.05) is 31.9 Å². The molecule has 1 N–H and O–H groups in total. The molecular weight excluding hydrogens is 304 g/mol. The van der Waals surface area contributed by atoms with E-state index in [9.17, 15) is 13.2 Å². The quantitative estimate of drug-likeness (QED) is 0.768. The van der Waals surface area contributed by atoms with Gasteiger partial charge in [0.2, 0.25) is 10.0 Å². The van der Waals surface area contributed by atoms with Crippen LogP contribution in [0.5, 0.6) is 0 Å². The first-order valence-corrected chi connectivity index (χ1v) is 9.12. The summed E-state index contributed by atoms with van der Waals surface area (Å²) in [5.41, 5.74) is 1.14. The predicted molar refractivity (Wildman–Crippen MR) is 85.6 cm³/mol. The number of carbonyl (C=O) groups is 1. The summed E-state index contributed by atoms with van der Waals surface area (Å²) < 4.78 is 30.3. The van der Waals surface area contributed by atoms with Gasteiger partial charge in [-0.25, -0.2) is 8.42 Å². The average Bonchev–Trinajstić information content (AvgIpc) is 2.86. The van der Waals surface area contributed by atoms with Crippen molar-refractivity contribution in [3.63, 3.8) is 0 Å². The first kappa shape index (κ1) is 16.8. The zero-order chi connectivity index (χ0) is 16.0. The highest BCUT2D eigenvalue weighted by Crippen LogP contribution is 2.24. The predicted octanol–water partition coefficient (Wildman–Crippen LogP) is 1.38. The molecule has 122 valence electrons. The summed E-state index contributed by atoms with van der Waals surface area (Å²) in [5.74, 6) is 0.0297. The number of amides is 1. The molecule has 1 aromatic carbocycles. The van der Waals surface area contributed by atoms with E-state index in [0.717, 1.165) is 6.42 Å². The third kappa shape index (κ3) is 4.20. The molecule has 1 amide bonds. The van der Waals surface area contributed by atoms with Crippen LogP contribution < -0.4 is 9.62 Å². The van der Waals surface area contributed by atoms with Gasteiger partial charge in [-0.15, -0.1) is 0 Å². The van der Waals surface area contributed by atoms with Crippen LogP contribution in [0.4, 0.5) is 5.69 Å². The molecule has 1 heterocycles. The maximum atomic E-state index is 12.0. The van der Waals surface area contributed by atoms with E-state index in [2.05, 4.69) is 5.32 Å². The second-order valence-corrected chi connectivity index (χ2v) is 7.11. The molecule has 0 radical (unpaired) electrons. The van der Waals surface area contributed by atoms with Gasteiger partial charge in [0.1, 0.15) is 0 Å². The van der Waals surface area contributed by atoms with E-state index < -0.39 is 10.0 Å². The number of rotatable bonds is 7. The van der Waals surface area contributed by atoms with Gasteiger partial charge in [-0.05, 0) is 44.0 Å². The second-order valence-electron chi connectivity index (χ2n) is 5.09. The lowest BCUT2D eigenvalue weighted by Gasteiger charge is -2.17. The smallest absolute Gasteiger partial charge is 0.251 e. The maximum Gasteiger partial charge on any atom is 0.251 e. The van der Waals surface area contributed by atoms with Crippen molar-refractivity contribution in [1.29, 1.82) is 0 Å². The van der Waals surface area contributed by atoms with E-state index in [1.807, 2.05) is 6.92 Å². The van der Waals surface area contributed by atoms with E-state index in [-0.39, 0.29) is 11.7 Å². The number of ether oxygens (including phenoxy) is 1. The van der Waals surface area contributed by atoms with Crippen LogP contribution in [0.15, 0.2) is 24.3 Å². The van der Waals surface area contributed by atoms with Gasteiger partial charge in [0.05, 0.1) is 11.4 Å². The van der Waals surface area contributed by atoms with Gasteiger partial charge in [-0.3, -0.25) is 9.10 Å². The molecule has 0 aliphatic carbocycles. The molecule has 0 atom stereocenters. The number of anilines is 1. The lowest BCUT2D eigenvalue weighted by molar-refractivity contribution is 0.0944.